The lowest BCUT2D eigenvalue weighted by Crippen LogP contribution is -2.26. The first-order valence-electron chi connectivity index (χ1n) is 6.65. The lowest BCUT2D eigenvalue weighted by atomic mass is 10.1. The first-order chi connectivity index (χ1) is 10.2. The van der Waals surface area contributed by atoms with Crippen LogP contribution in [0.4, 0.5) is 4.39 Å². The maximum Gasteiger partial charge on any atom is 0.168 e. The molecular weight excluding hydrogens is 277 g/mol. The van der Waals surface area contributed by atoms with Crippen molar-refractivity contribution in [3.63, 3.8) is 0 Å². The highest BCUT2D eigenvalue weighted by atomic mass is 19.1. The highest BCUT2D eigenvalue weighted by molar-refractivity contribution is 5.72. The molecular formula is C12H14FN7O. The van der Waals surface area contributed by atoms with Crippen molar-refractivity contribution >= 4 is 11.2 Å². The Balaban J connectivity index is 2.03. The zero-order valence-electron chi connectivity index (χ0n) is 11.6. The van der Waals surface area contributed by atoms with Gasteiger partial charge in [-0.2, -0.15) is 0 Å². The molecule has 3 heterocycles. The maximum absolute atomic E-state index is 14.6. The summed E-state index contributed by atoms with van der Waals surface area (Å²) in [5.41, 5.74) is 10.4. The summed E-state index contributed by atoms with van der Waals surface area (Å²) in [6, 6.07) is -0.842. The monoisotopic (exact) mass is 291 g/mol. The van der Waals surface area contributed by atoms with Crippen molar-refractivity contribution < 1.29 is 9.13 Å². The summed E-state index contributed by atoms with van der Waals surface area (Å²) in [6.07, 6.45) is 0.639. The molecule has 21 heavy (non-hydrogen) atoms. The van der Waals surface area contributed by atoms with Crippen LogP contribution >= 0.6 is 0 Å². The van der Waals surface area contributed by atoms with E-state index in [1.165, 1.54) is 17.2 Å². The van der Waals surface area contributed by atoms with Gasteiger partial charge >= 0.3 is 0 Å². The quantitative estimate of drug-likeness (QED) is 0.492. The molecule has 0 unspecified atom stereocenters. The molecule has 2 aromatic rings. The third-order valence-corrected chi connectivity index (χ3v) is 3.70. The van der Waals surface area contributed by atoms with Crippen molar-refractivity contribution in [1.29, 1.82) is 0 Å². The van der Waals surface area contributed by atoms with Crippen LogP contribution in [0.2, 0.25) is 0 Å². The molecule has 2 aromatic heterocycles. The number of aryl methyl sites for hydroxylation is 1. The Morgan fingerprint density at radius 1 is 1.48 bits per heavy atom. The summed E-state index contributed by atoms with van der Waals surface area (Å²) in [4.78, 5) is 15.1. The second kappa shape index (κ2) is 5.27. The topological polar surface area (TPSA) is 102 Å². The maximum atomic E-state index is 14.6. The van der Waals surface area contributed by atoms with Gasteiger partial charge in [0.1, 0.15) is 11.8 Å². The van der Waals surface area contributed by atoms with E-state index in [2.05, 4.69) is 25.0 Å². The van der Waals surface area contributed by atoms with Gasteiger partial charge in [0.05, 0.1) is 24.2 Å². The third-order valence-electron chi connectivity index (χ3n) is 3.70. The van der Waals surface area contributed by atoms with Gasteiger partial charge in [0.2, 0.25) is 0 Å². The molecule has 0 N–H and O–H groups in total. The number of fused-ring (bicyclic) bond motifs is 1. The van der Waals surface area contributed by atoms with Crippen molar-refractivity contribution in [2.45, 2.75) is 44.8 Å². The van der Waals surface area contributed by atoms with Crippen LogP contribution in [0.3, 0.4) is 0 Å². The minimum Gasteiger partial charge on any atom is -0.351 e. The largest absolute Gasteiger partial charge is 0.351 e. The third kappa shape index (κ3) is 2.10. The van der Waals surface area contributed by atoms with Crippen molar-refractivity contribution in [3.05, 3.63) is 28.8 Å². The van der Waals surface area contributed by atoms with E-state index < -0.39 is 24.5 Å². The average Bonchev–Trinajstić information content (AvgIpc) is 3.03. The van der Waals surface area contributed by atoms with Crippen molar-refractivity contribution in [2.24, 2.45) is 5.11 Å². The smallest absolute Gasteiger partial charge is 0.168 e. The molecule has 0 radical (unpaired) electrons. The van der Waals surface area contributed by atoms with E-state index in [9.17, 15) is 4.39 Å². The van der Waals surface area contributed by atoms with Crippen LogP contribution in [0.1, 0.15) is 25.3 Å². The zero-order valence-corrected chi connectivity index (χ0v) is 11.6. The molecule has 0 aromatic carbocycles. The number of ether oxygens (including phenoxy) is 1. The summed E-state index contributed by atoms with van der Waals surface area (Å²) in [5, 5.41) is 3.53. The lowest BCUT2D eigenvalue weighted by Gasteiger charge is -2.15. The lowest BCUT2D eigenvalue weighted by molar-refractivity contribution is -0.0177. The van der Waals surface area contributed by atoms with E-state index in [0.717, 1.165) is 0 Å². The fourth-order valence-electron chi connectivity index (χ4n) is 2.62. The highest BCUT2D eigenvalue weighted by Crippen LogP contribution is 2.36. The Kier molecular flexibility index (Phi) is 3.44. The minimum atomic E-state index is -1.45. The predicted octanol–water partition coefficient (Wildman–Crippen LogP) is 2.46. The van der Waals surface area contributed by atoms with E-state index >= 15 is 0 Å². The van der Waals surface area contributed by atoms with Gasteiger partial charge in [0.15, 0.2) is 18.0 Å². The van der Waals surface area contributed by atoms with E-state index in [1.54, 1.807) is 6.92 Å². The number of alkyl halides is 1. The molecule has 4 atom stereocenters. The number of halogens is 1. The molecule has 0 spiro atoms. The summed E-state index contributed by atoms with van der Waals surface area (Å²) in [5.74, 6) is 0. The van der Waals surface area contributed by atoms with Gasteiger partial charge < -0.3 is 4.74 Å². The zero-order chi connectivity index (χ0) is 15.0. The number of aromatic nitrogens is 4. The summed E-state index contributed by atoms with van der Waals surface area (Å²) < 4.78 is 21.8. The Bertz CT molecular complexity index is 711. The van der Waals surface area contributed by atoms with Gasteiger partial charge in [-0.15, -0.1) is 0 Å². The van der Waals surface area contributed by atoms with Crippen LogP contribution in [-0.4, -0.2) is 37.8 Å². The second-order valence-corrected chi connectivity index (χ2v) is 4.90. The van der Waals surface area contributed by atoms with Crippen LogP contribution in [0.25, 0.3) is 21.6 Å². The average molecular weight is 291 g/mol. The van der Waals surface area contributed by atoms with Crippen LogP contribution < -0.4 is 0 Å². The standard InChI is InChI=1S/C12H14FN7O/c1-3-7-10(18-19-14)8(13)12(21-7)20-5-17-9-6(2)15-4-16-11(9)20/h4-5,7-8,10,12H,3H2,1-2H3/t7-,8-,10-,12-/m1/s1. The molecule has 9 heteroatoms. The molecule has 3 rings (SSSR count). The van der Waals surface area contributed by atoms with Crippen molar-refractivity contribution in [1.82, 2.24) is 19.5 Å². The summed E-state index contributed by atoms with van der Waals surface area (Å²) in [7, 11) is 0. The van der Waals surface area contributed by atoms with Gasteiger partial charge in [-0.25, -0.2) is 19.3 Å². The molecule has 0 aliphatic carbocycles. The molecule has 1 fully saturated rings. The second-order valence-electron chi connectivity index (χ2n) is 4.90. The first kappa shape index (κ1) is 13.7. The van der Waals surface area contributed by atoms with E-state index in [0.29, 0.717) is 23.3 Å². The number of hydrogen-bond donors (Lipinski definition) is 0. The van der Waals surface area contributed by atoms with Gasteiger partial charge in [-0.3, -0.25) is 4.57 Å². The fraction of sp³-hybridized carbons (Fsp3) is 0.583. The molecule has 0 amide bonds. The van der Waals surface area contributed by atoms with E-state index in [1.807, 2.05) is 6.92 Å². The molecule has 0 bridgehead atoms. The van der Waals surface area contributed by atoms with Crippen molar-refractivity contribution in [2.75, 3.05) is 0 Å². The first-order valence-corrected chi connectivity index (χ1v) is 6.65. The Morgan fingerprint density at radius 2 is 2.29 bits per heavy atom. The van der Waals surface area contributed by atoms with Gasteiger partial charge in [-0.05, 0) is 18.9 Å². The molecule has 1 aliphatic rings. The SMILES string of the molecule is CC[C@H]1O[C@@H](n2cnc3c(C)ncnc32)[C@H](F)[C@@H]1N=[N+]=[N-]. The van der Waals surface area contributed by atoms with Crippen LogP contribution in [0, 0.1) is 6.92 Å². The summed E-state index contributed by atoms with van der Waals surface area (Å²) in [6.45, 7) is 3.67. The molecule has 1 saturated heterocycles. The fourth-order valence-corrected chi connectivity index (χ4v) is 2.62. The van der Waals surface area contributed by atoms with E-state index in [-0.39, 0.29) is 0 Å². The Morgan fingerprint density at radius 3 is 3.00 bits per heavy atom. The van der Waals surface area contributed by atoms with Gasteiger partial charge in [0.25, 0.3) is 0 Å². The van der Waals surface area contributed by atoms with Gasteiger partial charge in [0, 0.05) is 4.91 Å². The molecule has 8 nitrogen and oxygen atoms in total. The predicted molar refractivity (Wildman–Crippen MR) is 72.1 cm³/mol. The molecule has 0 saturated carbocycles. The number of nitrogens with zero attached hydrogens (tertiary/aromatic N) is 7. The van der Waals surface area contributed by atoms with Crippen LogP contribution in [0.15, 0.2) is 17.8 Å². The number of rotatable bonds is 3. The number of azide groups is 1. The molecule has 1 aliphatic heterocycles. The molecule has 110 valence electrons. The van der Waals surface area contributed by atoms with Crippen LogP contribution in [0.5, 0.6) is 0 Å². The minimum absolute atomic E-state index is 0.457. The number of hydrogen-bond acceptors (Lipinski definition) is 5. The Hall–Kier alpha value is -2.25. The normalized spacial score (nSPS) is 28.7. The van der Waals surface area contributed by atoms with Crippen LogP contribution in [-0.2, 0) is 4.74 Å². The summed E-state index contributed by atoms with van der Waals surface area (Å²) >= 11 is 0. The van der Waals surface area contributed by atoms with Crippen molar-refractivity contribution in [3.8, 4) is 0 Å². The van der Waals surface area contributed by atoms with E-state index in [4.69, 9.17) is 10.3 Å². The Labute approximate surface area is 119 Å². The highest BCUT2D eigenvalue weighted by Gasteiger charge is 2.45. The number of imidazole rings is 1. The van der Waals surface area contributed by atoms with Gasteiger partial charge in [-0.1, -0.05) is 12.0 Å².